The minimum absolute atomic E-state index is 0.0957. The summed E-state index contributed by atoms with van der Waals surface area (Å²) in [5.41, 5.74) is 5.85. The number of nitrogen functional groups attached to an aromatic ring is 1. The van der Waals surface area contributed by atoms with Crippen molar-refractivity contribution in [3.63, 3.8) is 0 Å². The monoisotopic (exact) mass is 218 g/mol. The van der Waals surface area contributed by atoms with E-state index in [9.17, 15) is 8.42 Å². The molecule has 6 heteroatoms. The largest absolute Gasteiger partial charge is 0.399 e. The van der Waals surface area contributed by atoms with Gasteiger partial charge in [0.25, 0.3) is 0 Å². The summed E-state index contributed by atoms with van der Waals surface area (Å²) in [5, 5.41) is 0. The van der Waals surface area contributed by atoms with Gasteiger partial charge < -0.3 is 5.73 Å². The van der Waals surface area contributed by atoms with Gasteiger partial charge >= 0.3 is 0 Å². The van der Waals surface area contributed by atoms with Crippen molar-refractivity contribution >= 4 is 28.3 Å². The first kappa shape index (κ1) is 10.4. The van der Waals surface area contributed by atoms with E-state index in [2.05, 4.69) is 17.4 Å². The first-order chi connectivity index (χ1) is 5.97. The van der Waals surface area contributed by atoms with Crippen LogP contribution in [0.3, 0.4) is 0 Å². The second kappa shape index (κ2) is 3.57. The summed E-state index contributed by atoms with van der Waals surface area (Å²) < 4.78 is 24.9. The molecule has 72 valence electrons. The zero-order valence-electron chi connectivity index (χ0n) is 6.98. The van der Waals surface area contributed by atoms with Crippen molar-refractivity contribution in [3.8, 4) is 0 Å². The summed E-state index contributed by atoms with van der Waals surface area (Å²) in [6.45, 7) is 0. The lowest BCUT2D eigenvalue weighted by molar-refractivity contribution is 0.586. The molecule has 0 fully saturated rings. The van der Waals surface area contributed by atoms with E-state index in [1.807, 2.05) is 0 Å². The van der Waals surface area contributed by atoms with Crippen LogP contribution in [0.1, 0.15) is 0 Å². The van der Waals surface area contributed by atoms with Crippen LogP contribution in [0.4, 0.5) is 5.69 Å². The van der Waals surface area contributed by atoms with Gasteiger partial charge in [-0.05, 0) is 25.2 Å². The number of anilines is 1. The summed E-state index contributed by atoms with van der Waals surface area (Å²) >= 11 is 4.02. The average Bonchev–Trinajstić information content (AvgIpc) is 2.09. The molecule has 1 aromatic rings. The molecule has 4 nitrogen and oxygen atoms in total. The highest BCUT2D eigenvalue weighted by Gasteiger charge is 2.14. The summed E-state index contributed by atoms with van der Waals surface area (Å²) in [7, 11) is -2.12. The van der Waals surface area contributed by atoms with Gasteiger partial charge in [-0.25, -0.2) is 13.1 Å². The Labute approximate surface area is 82.6 Å². The number of nitrogens with one attached hydrogen (secondary N) is 1. The number of hydrogen-bond acceptors (Lipinski definition) is 4. The second-order valence-corrected chi connectivity index (χ2v) is 4.77. The van der Waals surface area contributed by atoms with Crippen molar-refractivity contribution in [1.82, 2.24) is 4.72 Å². The van der Waals surface area contributed by atoms with E-state index in [1.54, 1.807) is 12.1 Å². The maximum atomic E-state index is 11.4. The Kier molecular flexibility index (Phi) is 2.84. The van der Waals surface area contributed by atoms with E-state index in [1.165, 1.54) is 13.1 Å². The molecule has 3 N–H and O–H groups in total. The van der Waals surface area contributed by atoms with Gasteiger partial charge in [-0.2, -0.15) is 0 Å². The van der Waals surface area contributed by atoms with Crippen molar-refractivity contribution in [2.24, 2.45) is 0 Å². The third-order valence-corrected chi connectivity index (χ3v) is 3.54. The number of benzene rings is 1. The number of sulfonamides is 1. The Morgan fingerprint density at radius 2 is 2.08 bits per heavy atom. The quantitative estimate of drug-likeness (QED) is 0.499. The predicted octanol–water partition coefficient (Wildman–Crippen LogP) is 0.466. The molecular formula is C7H10N2O2S2. The van der Waals surface area contributed by atoms with Crippen molar-refractivity contribution in [2.75, 3.05) is 12.8 Å². The molecule has 0 bridgehead atoms. The lowest BCUT2D eigenvalue weighted by Gasteiger charge is -2.05. The molecule has 0 spiro atoms. The van der Waals surface area contributed by atoms with E-state index in [0.29, 0.717) is 10.6 Å². The van der Waals surface area contributed by atoms with Gasteiger partial charge in [-0.15, -0.1) is 12.6 Å². The average molecular weight is 218 g/mol. The highest BCUT2D eigenvalue weighted by Crippen LogP contribution is 2.21. The normalized spacial score (nSPS) is 11.5. The molecule has 0 saturated heterocycles. The summed E-state index contributed by atoms with van der Waals surface area (Å²) in [4.78, 5) is 0.474. The summed E-state index contributed by atoms with van der Waals surface area (Å²) in [5.74, 6) is 0. The number of nitrogens with two attached hydrogens (primary N) is 1. The fourth-order valence-corrected chi connectivity index (χ4v) is 2.21. The number of thiol groups is 1. The molecule has 1 rings (SSSR count). The van der Waals surface area contributed by atoms with Crippen LogP contribution >= 0.6 is 12.6 Å². The molecule has 0 atom stereocenters. The van der Waals surface area contributed by atoms with Crippen molar-refractivity contribution in [3.05, 3.63) is 18.2 Å². The number of rotatable bonds is 2. The Morgan fingerprint density at radius 1 is 1.46 bits per heavy atom. The van der Waals surface area contributed by atoms with Gasteiger partial charge in [-0.3, -0.25) is 0 Å². The Hall–Kier alpha value is -0.720. The van der Waals surface area contributed by atoms with Crippen molar-refractivity contribution in [1.29, 1.82) is 0 Å². The fourth-order valence-electron chi connectivity index (χ4n) is 0.856. The van der Waals surface area contributed by atoms with Gasteiger partial charge in [0.05, 0.1) is 4.90 Å². The van der Waals surface area contributed by atoms with Gasteiger partial charge in [-0.1, -0.05) is 0 Å². The highest BCUT2D eigenvalue weighted by atomic mass is 32.2. The van der Waals surface area contributed by atoms with Crippen LogP contribution in [0.25, 0.3) is 0 Å². The van der Waals surface area contributed by atoms with Crippen LogP contribution in [0.2, 0.25) is 0 Å². The van der Waals surface area contributed by atoms with E-state index in [4.69, 9.17) is 5.73 Å². The molecule has 0 aliphatic rings. The zero-order chi connectivity index (χ0) is 10.1. The molecule has 0 amide bonds. The Bertz CT molecular complexity index is 415. The van der Waals surface area contributed by atoms with Crippen LogP contribution in [0.5, 0.6) is 0 Å². The van der Waals surface area contributed by atoms with E-state index < -0.39 is 10.0 Å². The van der Waals surface area contributed by atoms with Gasteiger partial charge in [0.2, 0.25) is 10.0 Å². The molecule has 0 aliphatic heterocycles. The van der Waals surface area contributed by atoms with Gasteiger partial charge in [0, 0.05) is 10.6 Å². The van der Waals surface area contributed by atoms with E-state index >= 15 is 0 Å². The third kappa shape index (κ3) is 2.15. The first-order valence-corrected chi connectivity index (χ1v) is 5.42. The van der Waals surface area contributed by atoms with E-state index in [-0.39, 0.29) is 4.90 Å². The van der Waals surface area contributed by atoms with Gasteiger partial charge in [0.1, 0.15) is 0 Å². The van der Waals surface area contributed by atoms with Crippen LogP contribution in [0, 0.1) is 0 Å². The standard InChI is InChI=1S/C7H10N2O2S2/c1-9-13(10,11)7-4-5(8)2-3-6(7)12/h2-4,9,12H,8H2,1H3. The lowest BCUT2D eigenvalue weighted by Crippen LogP contribution is -2.19. The van der Waals surface area contributed by atoms with Crippen molar-refractivity contribution < 1.29 is 8.42 Å². The number of hydrogen-bond donors (Lipinski definition) is 3. The minimum atomic E-state index is -3.46. The van der Waals surface area contributed by atoms with Crippen LogP contribution < -0.4 is 10.5 Å². The molecule has 0 heterocycles. The SMILES string of the molecule is CNS(=O)(=O)c1cc(N)ccc1S. The molecule has 0 saturated carbocycles. The second-order valence-electron chi connectivity index (χ2n) is 2.43. The maximum absolute atomic E-state index is 11.4. The zero-order valence-corrected chi connectivity index (χ0v) is 8.69. The first-order valence-electron chi connectivity index (χ1n) is 3.49. The highest BCUT2D eigenvalue weighted by molar-refractivity contribution is 7.90. The minimum Gasteiger partial charge on any atom is -0.399 e. The van der Waals surface area contributed by atoms with Crippen molar-refractivity contribution in [2.45, 2.75) is 9.79 Å². The molecule has 1 aromatic carbocycles. The van der Waals surface area contributed by atoms with Gasteiger partial charge in [0.15, 0.2) is 0 Å². The lowest BCUT2D eigenvalue weighted by atomic mass is 10.3. The molecule has 0 aromatic heterocycles. The molecule has 0 radical (unpaired) electrons. The topological polar surface area (TPSA) is 72.2 Å². The smallest absolute Gasteiger partial charge is 0.241 e. The maximum Gasteiger partial charge on any atom is 0.241 e. The van der Waals surface area contributed by atoms with Crippen LogP contribution in [-0.4, -0.2) is 15.5 Å². The molecular weight excluding hydrogens is 208 g/mol. The molecule has 0 unspecified atom stereocenters. The summed E-state index contributed by atoms with van der Waals surface area (Å²) in [6, 6.07) is 4.51. The summed E-state index contributed by atoms with van der Waals surface area (Å²) in [6.07, 6.45) is 0. The Morgan fingerprint density at radius 3 is 2.62 bits per heavy atom. The molecule has 0 aliphatic carbocycles. The van der Waals surface area contributed by atoms with E-state index in [0.717, 1.165) is 0 Å². The fraction of sp³-hybridized carbons (Fsp3) is 0.143. The Balaban J connectivity index is 3.38. The molecule has 13 heavy (non-hydrogen) atoms. The third-order valence-electron chi connectivity index (χ3n) is 1.54. The van der Waals surface area contributed by atoms with Crippen LogP contribution in [0.15, 0.2) is 28.0 Å². The van der Waals surface area contributed by atoms with Crippen LogP contribution in [-0.2, 0) is 10.0 Å². The predicted molar refractivity (Wildman–Crippen MR) is 54.4 cm³/mol.